The van der Waals surface area contributed by atoms with Gasteiger partial charge in [0.15, 0.2) is 11.5 Å². The van der Waals surface area contributed by atoms with Crippen molar-refractivity contribution in [2.45, 2.75) is 6.61 Å². The van der Waals surface area contributed by atoms with Crippen molar-refractivity contribution in [2.75, 3.05) is 12.0 Å². The van der Waals surface area contributed by atoms with Gasteiger partial charge in [-0.3, -0.25) is 19.7 Å². The van der Waals surface area contributed by atoms with Crippen molar-refractivity contribution >= 4 is 74.6 Å². The summed E-state index contributed by atoms with van der Waals surface area (Å²) in [4.78, 5) is 37.2. The molecule has 1 fully saturated rings. The first-order chi connectivity index (χ1) is 16.8. The van der Waals surface area contributed by atoms with Crippen LogP contribution in [-0.4, -0.2) is 23.2 Å². The van der Waals surface area contributed by atoms with Gasteiger partial charge >= 0.3 is 0 Å². The fourth-order valence-electron chi connectivity index (χ4n) is 3.29. The van der Waals surface area contributed by atoms with Crippen molar-refractivity contribution in [2.24, 2.45) is 0 Å². The number of halogens is 2. The molecule has 0 unspecified atom stereocenters. The smallest absolute Gasteiger partial charge is 0.298 e. The number of hydrogen-bond donors (Lipinski definition) is 0. The third kappa shape index (κ3) is 5.60. The number of ether oxygens (including phenoxy) is 2. The lowest BCUT2D eigenvalue weighted by Crippen LogP contribution is -2.27. The lowest BCUT2D eigenvalue weighted by Gasteiger charge is -2.14. The molecule has 0 aromatic heterocycles. The minimum atomic E-state index is -0.459. The standard InChI is InChI=1S/C24H16ClIN2O6S/c1-33-20-10-15(9-19(26)22(20)34-13-14-5-7-17(8-6-14)28(31)32)11-21-23(29)27(24(30)35-21)18-4-2-3-16(25)12-18/h2-12H,13H2,1H3/b21-11+. The van der Waals surface area contributed by atoms with Crippen LogP contribution in [0.1, 0.15) is 11.1 Å². The zero-order valence-corrected chi connectivity index (χ0v) is 21.8. The van der Waals surface area contributed by atoms with E-state index < -0.39 is 16.1 Å². The number of thioether (sulfide) groups is 1. The highest BCUT2D eigenvalue weighted by molar-refractivity contribution is 14.1. The van der Waals surface area contributed by atoms with Crippen LogP contribution in [0.25, 0.3) is 6.08 Å². The minimum absolute atomic E-state index is 0.00467. The summed E-state index contributed by atoms with van der Waals surface area (Å²) in [6.07, 6.45) is 1.63. The van der Waals surface area contributed by atoms with Gasteiger partial charge in [-0.1, -0.05) is 17.7 Å². The Labute approximate surface area is 223 Å². The molecule has 2 amide bonds. The number of benzene rings is 3. The van der Waals surface area contributed by atoms with Crippen molar-refractivity contribution in [1.82, 2.24) is 0 Å². The highest BCUT2D eigenvalue weighted by Crippen LogP contribution is 2.39. The van der Waals surface area contributed by atoms with Crippen LogP contribution in [0.15, 0.2) is 65.6 Å². The van der Waals surface area contributed by atoms with Crippen LogP contribution in [0.3, 0.4) is 0 Å². The molecule has 0 aliphatic carbocycles. The van der Waals surface area contributed by atoms with Gasteiger partial charge in [0.25, 0.3) is 16.8 Å². The van der Waals surface area contributed by atoms with E-state index in [9.17, 15) is 19.7 Å². The first-order valence-electron chi connectivity index (χ1n) is 10.0. The molecule has 1 heterocycles. The van der Waals surface area contributed by atoms with Gasteiger partial charge in [0.2, 0.25) is 0 Å². The van der Waals surface area contributed by atoms with Crippen LogP contribution in [0.5, 0.6) is 11.5 Å². The van der Waals surface area contributed by atoms with Crippen molar-refractivity contribution in [3.8, 4) is 11.5 Å². The van der Waals surface area contributed by atoms with Crippen molar-refractivity contribution in [3.63, 3.8) is 0 Å². The van der Waals surface area contributed by atoms with E-state index in [1.165, 1.54) is 19.2 Å². The second-order valence-corrected chi connectivity index (χ2v) is 9.84. The van der Waals surface area contributed by atoms with Gasteiger partial charge in [-0.15, -0.1) is 0 Å². The van der Waals surface area contributed by atoms with Gasteiger partial charge in [-0.25, -0.2) is 4.90 Å². The number of nitro groups is 1. The highest BCUT2D eigenvalue weighted by atomic mass is 127. The van der Waals surface area contributed by atoms with Crippen LogP contribution in [0.2, 0.25) is 5.02 Å². The summed E-state index contributed by atoms with van der Waals surface area (Å²) in [6, 6.07) is 16.2. The zero-order valence-electron chi connectivity index (χ0n) is 18.1. The Morgan fingerprint density at radius 3 is 2.54 bits per heavy atom. The summed E-state index contributed by atoms with van der Waals surface area (Å²) in [5.41, 5.74) is 1.83. The van der Waals surface area contributed by atoms with Gasteiger partial charge in [-0.2, -0.15) is 0 Å². The lowest BCUT2D eigenvalue weighted by atomic mass is 10.1. The highest BCUT2D eigenvalue weighted by Gasteiger charge is 2.36. The minimum Gasteiger partial charge on any atom is -0.493 e. The molecule has 4 rings (SSSR count). The number of nitro benzene ring substituents is 1. The molecular weight excluding hydrogens is 607 g/mol. The summed E-state index contributed by atoms with van der Waals surface area (Å²) in [6.45, 7) is 0.183. The van der Waals surface area contributed by atoms with Crippen LogP contribution in [0.4, 0.5) is 16.2 Å². The predicted octanol–water partition coefficient (Wildman–Crippen LogP) is 6.68. The molecule has 178 valence electrons. The van der Waals surface area contributed by atoms with Gasteiger partial charge in [-0.05, 0) is 94.0 Å². The molecule has 3 aromatic carbocycles. The molecule has 0 N–H and O–H groups in total. The monoisotopic (exact) mass is 622 g/mol. The zero-order chi connectivity index (χ0) is 25.1. The maximum absolute atomic E-state index is 12.9. The normalized spacial score (nSPS) is 14.5. The van der Waals surface area contributed by atoms with Gasteiger partial charge in [0.05, 0.1) is 26.2 Å². The van der Waals surface area contributed by atoms with E-state index >= 15 is 0 Å². The van der Waals surface area contributed by atoms with Crippen LogP contribution in [-0.2, 0) is 11.4 Å². The van der Waals surface area contributed by atoms with Gasteiger partial charge < -0.3 is 9.47 Å². The number of non-ortho nitro benzene ring substituents is 1. The number of rotatable bonds is 7. The van der Waals surface area contributed by atoms with Gasteiger partial charge in [0, 0.05) is 17.2 Å². The first-order valence-corrected chi connectivity index (χ1v) is 12.3. The third-order valence-electron chi connectivity index (χ3n) is 4.94. The molecule has 11 heteroatoms. The SMILES string of the molecule is COc1cc(/C=C2/SC(=O)N(c3cccc(Cl)c3)C2=O)cc(I)c1OCc1ccc([N+](=O)[O-])cc1. The Balaban J connectivity index is 1.55. The molecule has 1 aliphatic rings. The average molecular weight is 623 g/mol. The molecule has 0 atom stereocenters. The second kappa shape index (κ2) is 10.7. The van der Waals surface area contributed by atoms with Crippen molar-refractivity contribution in [3.05, 3.63) is 95.4 Å². The molecule has 3 aromatic rings. The van der Waals surface area contributed by atoms with E-state index in [0.717, 1.165) is 25.8 Å². The number of nitrogens with zero attached hydrogens (tertiary/aromatic N) is 2. The maximum Gasteiger partial charge on any atom is 0.298 e. The Bertz CT molecular complexity index is 1360. The number of anilines is 1. The van der Waals surface area contributed by atoms with Crippen molar-refractivity contribution in [1.29, 1.82) is 0 Å². The summed E-state index contributed by atoms with van der Waals surface area (Å²) < 4.78 is 12.1. The van der Waals surface area contributed by atoms with E-state index in [1.54, 1.807) is 48.5 Å². The molecule has 0 radical (unpaired) electrons. The topological polar surface area (TPSA) is 99.0 Å². The predicted molar refractivity (Wildman–Crippen MR) is 143 cm³/mol. The Morgan fingerprint density at radius 1 is 1.14 bits per heavy atom. The number of imide groups is 1. The fraction of sp³-hybridized carbons (Fsp3) is 0.0833. The molecule has 1 saturated heterocycles. The molecular formula is C24H16ClIN2O6S. The molecule has 0 saturated carbocycles. The molecule has 0 bridgehead atoms. The van der Waals surface area contributed by atoms with E-state index in [1.807, 2.05) is 6.07 Å². The van der Waals surface area contributed by atoms with E-state index in [2.05, 4.69) is 22.6 Å². The van der Waals surface area contributed by atoms with Crippen LogP contribution >= 0.6 is 46.0 Å². The maximum atomic E-state index is 12.9. The number of amides is 2. The molecule has 35 heavy (non-hydrogen) atoms. The summed E-state index contributed by atoms with van der Waals surface area (Å²) in [5, 5.41) is 10.8. The summed E-state index contributed by atoms with van der Waals surface area (Å²) in [7, 11) is 1.50. The van der Waals surface area contributed by atoms with E-state index in [-0.39, 0.29) is 17.2 Å². The van der Waals surface area contributed by atoms with Gasteiger partial charge in [0.1, 0.15) is 6.61 Å². The molecule has 0 spiro atoms. The largest absolute Gasteiger partial charge is 0.493 e. The third-order valence-corrected chi connectivity index (χ3v) is 6.85. The fourth-order valence-corrected chi connectivity index (χ4v) is 5.10. The number of carbonyl (C=O) groups is 2. The quantitative estimate of drug-likeness (QED) is 0.125. The average Bonchev–Trinajstić information content (AvgIpc) is 3.10. The molecule has 1 aliphatic heterocycles. The molecule has 8 nitrogen and oxygen atoms in total. The number of methoxy groups -OCH3 is 1. The Kier molecular flexibility index (Phi) is 7.63. The first kappa shape index (κ1) is 25.0. The van der Waals surface area contributed by atoms with Crippen LogP contribution < -0.4 is 14.4 Å². The number of carbonyl (C=O) groups excluding carboxylic acids is 2. The number of hydrogen-bond acceptors (Lipinski definition) is 7. The summed E-state index contributed by atoms with van der Waals surface area (Å²) >= 11 is 8.95. The summed E-state index contributed by atoms with van der Waals surface area (Å²) in [5.74, 6) is 0.504. The Morgan fingerprint density at radius 2 is 1.89 bits per heavy atom. The Hall–Kier alpha value is -3.09. The second-order valence-electron chi connectivity index (χ2n) is 7.24. The lowest BCUT2D eigenvalue weighted by molar-refractivity contribution is -0.384. The van der Waals surface area contributed by atoms with Crippen molar-refractivity contribution < 1.29 is 24.0 Å². The van der Waals surface area contributed by atoms with E-state index in [0.29, 0.717) is 27.8 Å². The van der Waals surface area contributed by atoms with E-state index in [4.69, 9.17) is 21.1 Å². The van der Waals surface area contributed by atoms with Crippen LogP contribution in [0, 0.1) is 13.7 Å².